The number of H-pyrrole nitrogens is 1. The monoisotopic (exact) mass is 203 g/mol. The fraction of sp³-hybridized carbons (Fsp3) is 0.250. The second-order valence-electron chi connectivity index (χ2n) is 3.60. The summed E-state index contributed by atoms with van der Waals surface area (Å²) in [4.78, 5) is 13.9. The van der Waals surface area contributed by atoms with E-state index >= 15 is 0 Å². The van der Waals surface area contributed by atoms with Crippen molar-refractivity contribution in [3.63, 3.8) is 0 Å². The Labute approximate surface area is 88.1 Å². The van der Waals surface area contributed by atoms with E-state index in [-0.39, 0.29) is 5.92 Å². The van der Waals surface area contributed by atoms with E-state index in [1.54, 1.807) is 7.11 Å². The number of fused-ring (bicyclic) bond motifs is 1. The molecule has 2 aromatic rings. The summed E-state index contributed by atoms with van der Waals surface area (Å²) in [5, 5.41) is 1.10. The van der Waals surface area contributed by atoms with Crippen LogP contribution >= 0.6 is 0 Å². The molecule has 1 aromatic heterocycles. The van der Waals surface area contributed by atoms with Crippen LogP contribution in [0.4, 0.5) is 0 Å². The van der Waals surface area contributed by atoms with Crippen molar-refractivity contribution < 1.29 is 9.53 Å². The van der Waals surface area contributed by atoms with E-state index in [0.717, 1.165) is 28.6 Å². The minimum absolute atomic E-state index is 0.0941. The molecule has 3 heteroatoms. The molecular formula is C12H13NO2. The van der Waals surface area contributed by atoms with Crippen LogP contribution in [0.25, 0.3) is 10.9 Å². The summed E-state index contributed by atoms with van der Waals surface area (Å²) in [5.41, 5.74) is 1.94. The second-order valence-corrected chi connectivity index (χ2v) is 3.60. The van der Waals surface area contributed by atoms with E-state index in [1.807, 2.05) is 31.2 Å². The predicted molar refractivity (Wildman–Crippen MR) is 59.3 cm³/mol. The van der Waals surface area contributed by atoms with Crippen molar-refractivity contribution in [1.82, 2.24) is 4.98 Å². The van der Waals surface area contributed by atoms with Crippen LogP contribution in [0.15, 0.2) is 24.3 Å². The molecule has 0 saturated carbocycles. The molecule has 0 aliphatic carbocycles. The Morgan fingerprint density at radius 3 is 2.87 bits per heavy atom. The third kappa shape index (κ3) is 1.73. The van der Waals surface area contributed by atoms with Gasteiger partial charge in [-0.25, -0.2) is 0 Å². The Morgan fingerprint density at radius 2 is 2.20 bits per heavy atom. The Hall–Kier alpha value is -1.77. The minimum Gasteiger partial charge on any atom is -0.497 e. The van der Waals surface area contributed by atoms with Crippen LogP contribution in [-0.4, -0.2) is 18.4 Å². The zero-order valence-electron chi connectivity index (χ0n) is 8.78. The average molecular weight is 203 g/mol. The molecule has 1 aromatic carbocycles. The summed E-state index contributed by atoms with van der Waals surface area (Å²) in [7, 11) is 1.64. The summed E-state index contributed by atoms with van der Waals surface area (Å²) in [6.45, 7) is 1.87. The number of hydrogen-bond donors (Lipinski definition) is 1. The number of hydrogen-bond acceptors (Lipinski definition) is 2. The van der Waals surface area contributed by atoms with E-state index in [1.165, 1.54) is 0 Å². The normalized spacial score (nSPS) is 12.7. The van der Waals surface area contributed by atoms with Crippen LogP contribution in [-0.2, 0) is 4.79 Å². The van der Waals surface area contributed by atoms with Gasteiger partial charge < -0.3 is 14.5 Å². The number of methoxy groups -OCH3 is 1. The number of nitrogens with one attached hydrogen (secondary N) is 1. The highest BCUT2D eigenvalue weighted by molar-refractivity contribution is 5.83. The molecule has 3 nitrogen and oxygen atoms in total. The largest absolute Gasteiger partial charge is 0.497 e. The summed E-state index contributed by atoms with van der Waals surface area (Å²) in [6.07, 6.45) is 0.932. The van der Waals surface area contributed by atoms with Gasteiger partial charge in [0.1, 0.15) is 12.0 Å². The predicted octanol–water partition coefficient (Wildman–Crippen LogP) is 2.48. The number of aromatic nitrogens is 1. The maximum atomic E-state index is 10.7. The van der Waals surface area contributed by atoms with Crippen LogP contribution in [0.5, 0.6) is 5.75 Å². The average Bonchev–Trinajstić information content (AvgIpc) is 2.70. The number of ether oxygens (including phenoxy) is 1. The van der Waals surface area contributed by atoms with Gasteiger partial charge in [-0.2, -0.15) is 0 Å². The molecule has 1 unspecified atom stereocenters. The quantitative estimate of drug-likeness (QED) is 0.778. The molecule has 0 bridgehead atoms. The molecule has 78 valence electrons. The van der Waals surface area contributed by atoms with E-state index in [0.29, 0.717) is 0 Å². The van der Waals surface area contributed by atoms with Crippen molar-refractivity contribution in [2.75, 3.05) is 7.11 Å². The SMILES string of the molecule is COc1ccc2cc(C(C)C=O)[nH]c2c1. The van der Waals surface area contributed by atoms with Crippen molar-refractivity contribution >= 4 is 17.2 Å². The highest BCUT2D eigenvalue weighted by Gasteiger charge is 2.07. The van der Waals surface area contributed by atoms with Crippen molar-refractivity contribution in [2.45, 2.75) is 12.8 Å². The Bertz CT molecular complexity index is 487. The van der Waals surface area contributed by atoms with Gasteiger partial charge in [-0.05, 0) is 23.6 Å². The lowest BCUT2D eigenvalue weighted by molar-refractivity contribution is -0.108. The molecule has 0 saturated heterocycles. The van der Waals surface area contributed by atoms with Gasteiger partial charge in [0.2, 0.25) is 0 Å². The van der Waals surface area contributed by atoms with Crippen LogP contribution in [0.3, 0.4) is 0 Å². The van der Waals surface area contributed by atoms with Gasteiger partial charge in [0.25, 0.3) is 0 Å². The standard InChI is InChI=1S/C12H13NO2/c1-8(7-14)11-5-9-3-4-10(15-2)6-12(9)13-11/h3-8,13H,1-2H3. The number of aromatic amines is 1. The summed E-state index contributed by atoms with van der Waals surface area (Å²) in [5.74, 6) is 0.720. The fourth-order valence-electron chi connectivity index (χ4n) is 1.57. The molecule has 0 aliphatic rings. The minimum atomic E-state index is -0.0941. The lowest BCUT2D eigenvalue weighted by atomic mass is 10.1. The van der Waals surface area contributed by atoms with Crippen molar-refractivity contribution in [1.29, 1.82) is 0 Å². The van der Waals surface area contributed by atoms with Gasteiger partial charge in [-0.3, -0.25) is 0 Å². The van der Waals surface area contributed by atoms with Crippen molar-refractivity contribution in [3.8, 4) is 5.75 Å². The highest BCUT2D eigenvalue weighted by Crippen LogP contribution is 2.23. The van der Waals surface area contributed by atoms with Crippen LogP contribution in [0.1, 0.15) is 18.5 Å². The first-order chi connectivity index (χ1) is 7.24. The Balaban J connectivity index is 2.50. The van der Waals surface area contributed by atoms with Gasteiger partial charge in [0, 0.05) is 17.3 Å². The smallest absolute Gasteiger partial charge is 0.128 e. The lowest BCUT2D eigenvalue weighted by Gasteiger charge is -1.98. The first kappa shape index (κ1) is 9.77. The molecule has 0 radical (unpaired) electrons. The van der Waals surface area contributed by atoms with Crippen LogP contribution < -0.4 is 4.74 Å². The molecule has 1 atom stereocenters. The van der Waals surface area contributed by atoms with Gasteiger partial charge in [0.15, 0.2) is 0 Å². The van der Waals surface area contributed by atoms with Gasteiger partial charge in [-0.15, -0.1) is 0 Å². The van der Waals surface area contributed by atoms with Crippen LogP contribution in [0.2, 0.25) is 0 Å². The van der Waals surface area contributed by atoms with Gasteiger partial charge in [-0.1, -0.05) is 6.92 Å². The molecule has 0 spiro atoms. The molecule has 2 rings (SSSR count). The summed E-state index contributed by atoms with van der Waals surface area (Å²) < 4.78 is 5.13. The number of carbonyl (C=O) groups is 1. The topological polar surface area (TPSA) is 42.1 Å². The van der Waals surface area contributed by atoms with E-state index in [9.17, 15) is 4.79 Å². The van der Waals surface area contributed by atoms with E-state index < -0.39 is 0 Å². The molecule has 1 N–H and O–H groups in total. The van der Waals surface area contributed by atoms with Crippen molar-refractivity contribution in [3.05, 3.63) is 30.0 Å². The number of carbonyl (C=O) groups excluding carboxylic acids is 1. The lowest BCUT2D eigenvalue weighted by Crippen LogP contribution is -1.93. The fourth-order valence-corrected chi connectivity index (χ4v) is 1.57. The second kappa shape index (κ2) is 3.77. The summed E-state index contributed by atoms with van der Waals surface area (Å²) in [6, 6.07) is 7.81. The van der Waals surface area contributed by atoms with Gasteiger partial charge in [0.05, 0.1) is 13.0 Å². The maximum absolute atomic E-state index is 10.7. The van der Waals surface area contributed by atoms with Crippen LogP contribution in [0, 0.1) is 0 Å². The van der Waals surface area contributed by atoms with E-state index in [4.69, 9.17) is 4.74 Å². The first-order valence-electron chi connectivity index (χ1n) is 4.86. The third-order valence-corrected chi connectivity index (χ3v) is 2.55. The zero-order valence-corrected chi connectivity index (χ0v) is 8.78. The molecule has 0 fully saturated rings. The number of rotatable bonds is 3. The maximum Gasteiger partial charge on any atom is 0.128 e. The Kier molecular flexibility index (Phi) is 2.46. The third-order valence-electron chi connectivity index (χ3n) is 2.55. The number of aldehydes is 1. The molecule has 1 heterocycles. The molecule has 0 aliphatic heterocycles. The molecular weight excluding hydrogens is 190 g/mol. The van der Waals surface area contributed by atoms with E-state index in [2.05, 4.69) is 4.98 Å². The molecule has 15 heavy (non-hydrogen) atoms. The van der Waals surface area contributed by atoms with Gasteiger partial charge >= 0.3 is 0 Å². The highest BCUT2D eigenvalue weighted by atomic mass is 16.5. The Morgan fingerprint density at radius 1 is 1.40 bits per heavy atom. The van der Waals surface area contributed by atoms with Crippen molar-refractivity contribution in [2.24, 2.45) is 0 Å². The molecule has 0 amide bonds. The summed E-state index contributed by atoms with van der Waals surface area (Å²) >= 11 is 0. The first-order valence-corrected chi connectivity index (χ1v) is 4.86. The number of benzene rings is 1. The zero-order chi connectivity index (χ0) is 10.8.